The van der Waals surface area contributed by atoms with Crippen molar-refractivity contribution in [1.29, 1.82) is 0 Å². The third kappa shape index (κ3) is 5.60. The van der Waals surface area contributed by atoms with Gasteiger partial charge in [0.2, 0.25) is 0 Å². The highest BCUT2D eigenvalue weighted by Gasteiger charge is 2.20. The maximum atomic E-state index is 11.8. The standard InChI is InChI=1S/C17H23NO4/c1-4-7-13-8-10-14(11-9-13)18-12-15(16(19)21-5-2)17(20)22-6-3/h8-12,18H,4-7H2,1-3H3. The van der Waals surface area contributed by atoms with Crippen molar-refractivity contribution in [3.05, 3.63) is 41.6 Å². The summed E-state index contributed by atoms with van der Waals surface area (Å²) in [6.45, 7) is 5.88. The maximum absolute atomic E-state index is 11.8. The molecule has 0 unspecified atom stereocenters. The van der Waals surface area contributed by atoms with Crippen LogP contribution in [0.25, 0.3) is 0 Å². The van der Waals surface area contributed by atoms with E-state index < -0.39 is 11.9 Å². The lowest BCUT2D eigenvalue weighted by atomic mass is 10.1. The quantitative estimate of drug-likeness (QED) is 0.346. The van der Waals surface area contributed by atoms with Gasteiger partial charge in [-0.05, 0) is 38.0 Å². The largest absolute Gasteiger partial charge is 0.462 e. The van der Waals surface area contributed by atoms with E-state index in [-0.39, 0.29) is 18.8 Å². The van der Waals surface area contributed by atoms with Crippen molar-refractivity contribution in [3.8, 4) is 0 Å². The van der Waals surface area contributed by atoms with Crippen LogP contribution in [0.15, 0.2) is 36.0 Å². The number of hydrogen-bond acceptors (Lipinski definition) is 5. The summed E-state index contributed by atoms with van der Waals surface area (Å²) in [5.41, 5.74) is 1.88. The second kappa shape index (κ2) is 9.60. The SMILES string of the molecule is CCCc1ccc(NC=C(C(=O)OCC)C(=O)OCC)cc1. The maximum Gasteiger partial charge on any atom is 0.347 e. The summed E-state index contributed by atoms with van der Waals surface area (Å²) in [5.74, 6) is -1.40. The fraction of sp³-hybridized carbons (Fsp3) is 0.412. The molecule has 1 rings (SSSR count). The summed E-state index contributed by atoms with van der Waals surface area (Å²) in [7, 11) is 0. The summed E-state index contributed by atoms with van der Waals surface area (Å²) in [6, 6.07) is 7.81. The van der Waals surface area contributed by atoms with Crippen LogP contribution in [0.2, 0.25) is 0 Å². The Morgan fingerprint density at radius 1 is 1.00 bits per heavy atom. The van der Waals surface area contributed by atoms with Crippen LogP contribution in [-0.4, -0.2) is 25.2 Å². The minimum atomic E-state index is -0.698. The lowest BCUT2D eigenvalue weighted by Gasteiger charge is -2.08. The molecule has 0 heterocycles. The smallest absolute Gasteiger partial charge is 0.347 e. The number of carbonyl (C=O) groups excluding carboxylic acids is 2. The Labute approximate surface area is 131 Å². The third-order valence-electron chi connectivity index (χ3n) is 2.87. The Hall–Kier alpha value is -2.30. The molecular weight excluding hydrogens is 282 g/mol. The summed E-state index contributed by atoms with van der Waals surface area (Å²) in [4.78, 5) is 23.6. The van der Waals surface area contributed by atoms with E-state index in [9.17, 15) is 9.59 Å². The number of benzene rings is 1. The van der Waals surface area contributed by atoms with Gasteiger partial charge in [0.25, 0.3) is 0 Å². The van der Waals surface area contributed by atoms with Gasteiger partial charge < -0.3 is 14.8 Å². The van der Waals surface area contributed by atoms with E-state index in [0.29, 0.717) is 0 Å². The van der Waals surface area contributed by atoms with Crippen molar-refractivity contribution in [2.75, 3.05) is 18.5 Å². The number of anilines is 1. The fourth-order valence-corrected chi connectivity index (χ4v) is 1.83. The fourth-order valence-electron chi connectivity index (χ4n) is 1.83. The van der Waals surface area contributed by atoms with Gasteiger partial charge in [0.1, 0.15) is 0 Å². The van der Waals surface area contributed by atoms with Gasteiger partial charge in [-0.1, -0.05) is 25.5 Å². The van der Waals surface area contributed by atoms with Gasteiger partial charge in [0, 0.05) is 11.9 Å². The third-order valence-corrected chi connectivity index (χ3v) is 2.87. The molecule has 0 bridgehead atoms. The molecule has 0 aromatic heterocycles. The number of rotatable bonds is 8. The summed E-state index contributed by atoms with van der Waals surface area (Å²) in [5, 5.41) is 2.93. The average Bonchev–Trinajstić information content (AvgIpc) is 2.50. The van der Waals surface area contributed by atoms with Crippen molar-refractivity contribution in [2.45, 2.75) is 33.6 Å². The zero-order valence-electron chi connectivity index (χ0n) is 13.3. The number of ether oxygens (including phenoxy) is 2. The summed E-state index contributed by atoms with van der Waals surface area (Å²) >= 11 is 0. The zero-order chi connectivity index (χ0) is 16.4. The molecule has 0 radical (unpaired) electrons. The van der Waals surface area contributed by atoms with Gasteiger partial charge >= 0.3 is 11.9 Å². The molecule has 1 N–H and O–H groups in total. The van der Waals surface area contributed by atoms with Gasteiger partial charge in [-0.3, -0.25) is 0 Å². The number of aryl methyl sites for hydroxylation is 1. The first-order chi connectivity index (χ1) is 10.6. The molecule has 0 fully saturated rings. The Morgan fingerprint density at radius 2 is 1.55 bits per heavy atom. The van der Waals surface area contributed by atoms with Crippen molar-refractivity contribution >= 4 is 17.6 Å². The first kappa shape index (κ1) is 17.8. The highest BCUT2D eigenvalue weighted by Crippen LogP contribution is 2.12. The topological polar surface area (TPSA) is 64.6 Å². The molecule has 0 spiro atoms. The predicted octanol–water partition coefficient (Wildman–Crippen LogP) is 3.06. The van der Waals surface area contributed by atoms with E-state index >= 15 is 0 Å². The molecule has 0 atom stereocenters. The molecule has 5 heteroatoms. The molecule has 0 aliphatic carbocycles. The molecule has 0 aliphatic rings. The van der Waals surface area contributed by atoms with Crippen LogP contribution in [0.3, 0.4) is 0 Å². The van der Waals surface area contributed by atoms with E-state index in [2.05, 4.69) is 12.2 Å². The van der Waals surface area contributed by atoms with Gasteiger partial charge in [0.15, 0.2) is 5.57 Å². The molecule has 0 aliphatic heterocycles. The first-order valence-electron chi connectivity index (χ1n) is 7.52. The number of nitrogens with one attached hydrogen (secondary N) is 1. The Bertz CT molecular complexity index is 500. The Kier molecular flexibility index (Phi) is 7.75. The lowest BCUT2D eigenvalue weighted by Crippen LogP contribution is -2.19. The van der Waals surface area contributed by atoms with Gasteiger partial charge in [-0.15, -0.1) is 0 Å². The molecule has 22 heavy (non-hydrogen) atoms. The van der Waals surface area contributed by atoms with Crippen LogP contribution in [-0.2, 0) is 25.5 Å². The molecule has 1 aromatic rings. The van der Waals surface area contributed by atoms with Crippen LogP contribution in [0.1, 0.15) is 32.8 Å². The molecule has 120 valence electrons. The zero-order valence-corrected chi connectivity index (χ0v) is 13.3. The molecular formula is C17H23NO4. The normalized spacial score (nSPS) is 9.77. The summed E-state index contributed by atoms with van der Waals surface area (Å²) in [6.07, 6.45) is 3.43. The van der Waals surface area contributed by atoms with Crippen LogP contribution in [0, 0.1) is 0 Å². The predicted molar refractivity (Wildman–Crippen MR) is 85.4 cm³/mol. The Morgan fingerprint density at radius 3 is 2.00 bits per heavy atom. The number of esters is 2. The van der Waals surface area contributed by atoms with Crippen molar-refractivity contribution < 1.29 is 19.1 Å². The van der Waals surface area contributed by atoms with E-state index in [1.54, 1.807) is 13.8 Å². The van der Waals surface area contributed by atoms with E-state index in [1.165, 1.54) is 11.8 Å². The lowest BCUT2D eigenvalue weighted by molar-refractivity contribution is -0.146. The minimum absolute atomic E-state index is 0.152. The van der Waals surface area contributed by atoms with E-state index in [1.807, 2.05) is 24.3 Å². The average molecular weight is 305 g/mol. The molecule has 0 saturated carbocycles. The van der Waals surface area contributed by atoms with E-state index in [0.717, 1.165) is 18.5 Å². The van der Waals surface area contributed by atoms with Crippen LogP contribution in [0.5, 0.6) is 0 Å². The van der Waals surface area contributed by atoms with Crippen molar-refractivity contribution in [2.24, 2.45) is 0 Å². The van der Waals surface area contributed by atoms with Gasteiger partial charge in [0.05, 0.1) is 13.2 Å². The summed E-state index contributed by atoms with van der Waals surface area (Å²) < 4.78 is 9.73. The van der Waals surface area contributed by atoms with Crippen LogP contribution in [0.4, 0.5) is 5.69 Å². The molecule has 0 saturated heterocycles. The van der Waals surface area contributed by atoms with Crippen LogP contribution < -0.4 is 5.32 Å². The van der Waals surface area contributed by atoms with Crippen molar-refractivity contribution in [1.82, 2.24) is 0 Å². The number of hydrogen-bond donors (Lipinski definition) is 1. The molecule has 5 nitrogen and oxygen atoms in total. The monoisotopic (exact) mass is 305 g/mol. The van der Waals surface area contributed by atoms with Crippen LogP contribution >= 0.6 is 0 Å². The first-order valence-corrected chi connectivity index (χ1v) is 7.52. The minimum Gasteiger partial charge on any atom is -0.462 e. The van der Waals surface area contributed by atoms with E-state index in [4.69, 9.17) is 9.47 Å². The molecule has 1 aromatic carbocycles. The van der Waals surface area contributed by atoms with Crippen molar-refractivity contribution in [3.63, 3.8) is 0 Å². The number of carbonyl (C=O) groups is 2. The molecule has 0 amide bonds. The van der Waals surface area contributed by atoms with Gasteiger partial charge in [-0.2, -0.15) is 0 Å². The second-order valence-corrected chi connectivity index (χ2v) is 4.59. The second-order valence-electron chi connectivity index (χ2n) is 4.59. The highest BCUT2D eigenvalue weighted by molar-refractivity contribution is 6.14. The highest BCUT2D eigenvalue weighted by atomic mass is 16.6. The van der Waals surface area contributed by atoms with Gasteiger partial charge in [-0.25, -0.2) is 9.59 Å². The Balaban J connectivity index is 2.82.